The summed E-state index contributed by atoms with van der Waals surface area (Å²) in [5.41, 5.74) is 7.24. The third-order valence-corrected chi connectivity index (χ3v) is 3.94. The topological polar surface area (TPSA) is 75.4 Å². The van der Waals surface area contributed by atoms with E-state index in [4.69, 9.17) is 5.73 Å². The van der Waals surface area contributed by atoms with E-state index in [0.717, 1.165) is 22.9 Å². The van der Waals surface area contributed by atoms with Gasteiger partial charge in [-0.3, -0.25) is 9.59 Å². The van der Waals surface area contributed by atoms with Gasteiger partial charge in [-0.1, -0.05) is 35.7 Å². The summed E-state index contributed by atoms with van der Waals surface area (Å²) in [6.45, 7) is 0.838. The first kappa shape index (κ1) is 15.4. The highest BCUT2D eigenvalue weighted by Crippen LogP contribution is 2.15. The molecule has 3 N–H and O–H groups in total. The lowest BCUT2D eigenvalue weighted by Gasteiger charge is -2.20. The van der Waals surface area contributed by atoms with Gasteiger partial charge in [-0.15, -0.1) is 0 Å². The number of hydrogen-bond donors (Lipinski definition) is 2. The number of nitrogens with one attached hydrogen (secondary N) is 1. The van der Waals surface area contributed by atoms with Gasteiger partial charge in [-0.2, -0.15) is 0 Å². The first-order valence-electron chi connectivity index (χ1n) is 6.56. The summed E-state index contributed by atoms with van der Waals surface area (Å²) < 4.78 is 0. The highest BCUT2D eigenvalue weighted by molar-refractivity contribution is 8.14. The number of nitrogens with zero attached hydrogens (tertiary/aromatic N) is 1. The highest BCUT2D eigenvalue weighted by Gasteiger charge is 2.29. The molecule has 6 heteroatoms. The number of carbonyl (C=O) groups excluding carboxylic acids is 2. The second-order valence-electron chi connectivity index (χ2n) is 4.69. The molecule has 1 fully saturated rings. The first-order valence-corrected chi connectivity index (χ1v) is 7.55. The third kappa shape index (κ3) is 4.25. The Morgan fingerprint density at radius 2 is 2.19 bits per heavy atom. The van der Waals surface area contributed by atoms with Crippen LogP contribution in [0.15, 0.2) is 24.3 Å². The normalized spacial score (nSPS) is 16.9. The quantitative estimate of drug-likeness (QED) is 0.809. The Bertz CT molecular complexity index is 589. The molecule has 110 valence electrons. The van der Waals surface area contributed by atoms with Crippen molar-refractivity contribution in [3.05, 3.63) is 35.4 Å². The van der Waals surface area contributed by atoms with E-state index in [0.29, 0.717) is 18.8 Å². The molecule has 1 saturated heterocycles. The van der Waals surface area contributed by atoms with Crippen molar-refractivity contribution in [2.75, 3.05) is 19.3 Å². The minimum absolute atomic E-state index is 0.0691. The van der Waals surface area contributed by atoms with Gasteiger partial charge >= 0.3 is 0 Å². The molecule has 1 heterocycles. The van der Waals surface area contributed by atoms with Crippen LogP contribution in [0.2, 0.25) is 0 Å². The molecule has 0 aliphatic carbocycles. The van der Waals surface area contributed by atoms with Gasteiger partial charge < -0.3 is 16.0 Å². The van der Waals surface area contributed by atoms with Gasteiger partial charge in [0.1, 0.15) is 6.04 Å². The zero-order chi connectivity index (χ0) is 15.2. The molecule has 0 saturated carbocycles. The van der Waals surface area contributed by atoms with Crippen molar-refractivity contribution < 1.29 is 9.59 Å². The van der Waals surface area contributed by atoms with Crippen molar-refractivity contribution in [2.24, 2.45) is 5.73 Å². The van der Waals surface area contributed by atoms with Crippen molar-refractivity contribution in [1.82, 2.24) is 10.2 Å². The lowest BCUT2D eigenvalue weighted by molar-refractivity contribution is -0.131. The molecular weight excluding hydrogens is 286 g/mol. The summed E-state index contributed by atoms with van der Waals surface area (Å²) in [4.78, 5) is 24.9. The van der Waals surface area contributed by atoms with Crippen LogP contribution in [0.25, 0.3) is 0 Å². The standard InChI is InChI=1S/C15H17N3O2S/c1-18(14(19)13-10-21-15(20)17-13)9-12-6-4-11(5-7-12)3-2-8-16/h4-7,13H,8-10,16H2,1H3,(H,17,20). The van der Waals surface area contributed by atoms with Gasteiger partial charge in [0.05, 0.1) is 6.54 Å². The van der Waals surface area contributed by atoms with E-state index >= 15 is 0 Å². The summed E-state index contributed by atoms with van der Waals surface area (Å²) in [5, 5.41) is 2.52. The molecule has 21 heavy (non-hydrogen) atoms. The Balaban J connectivity index is 1.94. The van der Waals surface area contributed by atoms with Crippen molar-refractivity contribution in [3.8, 4) is 11.8 Å². The van der Waals surface area contributed by atoms with E-state index in [1.807, 2.05) is 24.3 Å². The number of benzene rings is 1. The second-order valence-corrected chi connectivity index (χ2v) is 5.69. The molecule has 1 unspecified atom stereocenters. The molecule has 1 atom stereocenters. The van der Waals surface area contributed by atoms with Crippen LogP contribution in [0.3, 0.4) is 0 Å². The van der Waals surface area contributed by atoms with Gasteiger partial charge in [-0.05, 0) is 17.7 Å². The van der Waals surface area contributed by atoms with Crippen LogP contribution in [0.4, 0.5) is 4.79 Å². The number of thioether (sulfide) groups is 1. The van der Waals surface area contributed by atoms with E-state index in [1.165, 1.54) is 0 Å². The van der Waals surface area contributed by atoms with E-state index in [2.05, 4.69) is 17.2 Å². The Labute approximate surface area is 128 Å². The number of nitrogens with two attached hydrogens (primary N) is 1. The molecule has 1 aromatic rings. The Morgan fingerprint density at radius 1 is 1.48 bits per heavy atom. The summed E-state index contributed by atoms with van der Waals surface area (Å²) in [6, 6.07) is 7.27. The summed E-state index contributed by atoms with van der Waals surface area (Å²) in [5.74, 6) is 6.17. The van der Waals surface area contributed by atoms with Crippen molar-refractivity contribution in [2.45, 2.75) is 12.6 Å². The predicted molar refractivity (Wildman–Crippen MR) is 83.6 cm³/mol. The minimum atomic E-state index is -0.415. The Morgan fingerprint density at radius 3 is 2.76 bits per heavy atom. The average Bonchev–Trinajstić information content (AvgIpc) is 2.92. The molecule has 0 spiro atoms. The molecule has 1 aliphatic heterocycles. The molecule has 0 aromatic heterocycles. The molecular formula is C15H17N3O2S. The van der Waals surface area contributed by atoms with Crippen molar-refractivity contribution in [1.29, 1.82) is 0 Å². The Hall–Kier alpha value is -1.97. The maximum absolute atomic E-state index is 12.2. The van der Waals surface area contributed by atoms with E-state index in [-0.39, 0.29) is 11.1 Å². The van der Waals surface area contributed by atoms with Crippen LogP contribution in [0.1, 0.15) is 11.1 Å². The van der Waals surface area contributed by atoms with Crippen LogP contribution < -0.4 is 11.1 Å². The predicted octanol–water partition coefficient (Wildman–Crippen LogP) is 0.780. The Kier molecular flexibility index (Phi) is 5.26. The molecule has 2 amide bonds. The fourth-order valence-corrected chi connectivity index (χ4v) is 2.75. The molecule has 2 rings (SSSR count). The van der Waals surface area contributed by atoms with Crippen LogP contribution in [0, 0.1) is 11.8 Å². The zero-order valence-corrected chi connectivity index (χ0v) is 12.6. The SMILES string of the molecule is CN(Cc1ccc(C#CCN)cc1)C(=O)C1CSC(=O)N1. The fraction of sp³-hybridized carbons (Fsp3) is 0.333. The maximum Gasteiger partial charge on any atom is 0.279 e. The molecule has 0 bridgehead atoms. The molecule has 1 aliphatic rings. The summed E-state index contributed by atoms with van der Waals surface area (Å²) >= 11 is 1.14. The van der Waals surface area contributed by atoms with E-state index in [1.54, 1.807) is 11.9 Å². The average molecular weight is 303 g/mol. The smallest absolute Gasteiger partial charge is 0.279 e. The lowest BCUT2D eigenvalue weighted by Crippen LogP contribution is -2.43. The first-order chi connectivity index (χ1) is 10.1. The fourth-order valence-electron chi connectivity index (χ4n) is 1.98. The monoisotopic (exact) mass is 303 g/mol. The minimum Gasteiger partial charge on any atom is -0.340 e. The van der Waals surface area contributed by atoms with E-state index in [9.17, 15) is 9.59 Å². The molecule has 0 radical (unpaired) electrons. The number of hydrogen-bond acceptors (Lipinski definition) is 4. The number of carbonyl (C=O) groups is 2. The zero-order valence-electron chi connectivity index (χ0n) is 11.8. The second kappa shape index (κ2) is 7.16. The number of amides is 2. The van der Waals surface area contributed by atoms with E-state index < -0.39 is 6.04 Å². The lowest BCUT2D eigenvalue weighted by atomic mass is 10.1. The van der Waals surface area contributed by atoms with Crippen LogP contribution in [0.5, 0.6) is 0 Å². The van der Waals surface area contributed by atoms with Gasteiger partial charge in [-0.25, -0.2) is 0 Å². The largest absolute Gasteiger partial charge is 0.340 e. The van der Waals surface area contributed by atoms with Gasteiger partial charge in [0.15, 0.2) is 0 Å². The van der Waals surface area contributed by atoms with Crippen LogP contribution in [-0.2, 0) is 11.3 Å². The molecule has 1 aromatic carbocycles. The third-order valence-electron chi connectivity index (χ3n) is 3.06. The number of likely N-dealkylation sites (N-methyl/N-ethyl adjacent to an activating group) is 1. The summed E-state index contributed by atoms with van der Waals surface area (Å²) in [7, 11) is 1.74. The van der Waals surface area contributed by atoms with Crippen LogP contribution >= 0.6 is 11.8 Å². The maximum atomic E-state index is 12.2. The van der Waals surface area contributed by atoms with Crippen molar-refractivity contribution in [3.63, 3.8) is 0 Å². The van der Waals surface area contributed by atoms with Crippen LogP contribution in [-0.4, -0.2) is 41.4 Å². The van der Waals surface area contributed by atoms with Crippen molar-refractivity contribution >= 4 is 22.9 Å². The van der Waals surface area contributed by atoms with Gasteiger partial charge in [0, 0.05) is 24.9 Å². The number of rotatable bonds is 3. The highest BCUT2D eigenvalue weighted by atomic mass is 32.2. The summed E-state index contributed by atoms with van der Waals surface area (Å²) in [6.07, 6.45) is 0. The van der Waals surface area contributed by atoms with Gasteiger partial charge in [0.25, 0.3) is 5.24 Å². The molecule has 5 nitrogen and oxygen atoms in total. The van der Waals surface area contributed by atoms with Gasteiger partial charge in [0.2, 0.25) is 5.91 Å².